The van der Waals surface area contributed by atoms with Crippen molar-refractivity contribution in [1.29, 1.82) is 0 Å². The van der Waals surface area contributed by atoms with E-state index in [1.807, 2.05) is 0 Å². The van der Waals surface area contributed by atoms with E-state index in [4.69, 9.17) is 4.74 Å². The minimum absolute atomic E-state index is 0.00976. The molecule has 0 fully saturated rings. The molecule has 9 heteroatoms. The van der Waals surface area contributed by atoms with Gasteiger partial charge in [-0.2, -0.15) is 4.31 Å². The Labute approximate surface area is 153 Å². The monoisotopic (exact) mass is 382 g/mol. The van der Waals surface area contributed by atoms with Crippen molar-refractivity contribution in [1.82, 2.24) is 4.31 Å². The number of hydrogen-bond donors (Lipinski definition) is 0. The number of ether oxygens (including phenoxy) is 1. The molecular formula is C17H22N2O6S. The predicted molar refractivity (Wildman–Crippen MR) is 97.0 cm³/mol. The van der Waals surface area contributed by atoms with E-state index >= 15 is 0 Å². The van der Waals surface area contributed by atoms with Crippen molar-refractivity contribution in [3.8, 4) is 0 Å². The Balaban J connectivity index is 3.50. The molecular weight excluding hydrogens is 360 g/mol. The molecule has 0 spiro atoms. The van der Waals surface area contributed by atoms with E-state index in [1.165, 1.54) is 24.3 Å². The molecule has 0 aromatic heterocycles. The van der Waals surface area contributed by atoms with Crippen LogP contribution in [-0.2, 0) is 19.6 Å². The molecule has 1 unspecified atom stereocenters. The maximum Gasteiger partial charge on any atom is 0.324 e. The molecule has 0 aliphatic rings. The van der Waals surface area contributed by atoms with Crippen molar-refractivity contribution in [2.24, 2.45) is 0 Å². The Kier molecular flexibility index (Phi) is 8.14. The lowest BCUT2D eigenvalue weighted by Gasteiger charge is -2.28. The molecule has 142 valence electrons. The zero-order chi connectivity index (χ0) is 19.7. The van der Waals surface area contributed by atoms with Crippen molar-refractivity contribution in [3.05, 3.63) is 59.7 Å². The summed E-state index contributed by atoms with van der Waals surface area (Å²) in [5, 5.41) is 11.2. The van der Waals surface area contributed by atoms with Crippen LogP contribution in [0.4, 0.5) is 5.69 Å². The minimum Gasteiger partial charge on any atom is -0.465 e. The normalized spacial score (nSPS) is 12.4. The van der Waals surface area contributed by atoms with Gasteiger partial charge in [0.05, 0.1) is 11.5 Å². The first kappa shape index (κ1) is 21.5. The van der Waals surface area contributed by atoms with Gasteiger partial charge < -0.3 is 4.74 Å². The summed E-state index contributed by atoms with van der Waals surface area (Å²) in [7, 11) is -4.34. The van der Waals surface area contributed by atoms with E-state index in [0.717, 1.165) is 16.4 Å². The second-order valence-electron chi connectivity index (χ2n) is 5.21. The van der Waals surface area contributed by atoms with Gasteiger partial charge in [-0.25, -0.2) is 8.42 Å². The number of hydrogen-bond acceptors (Lipinski definition) is 6. The van der Waals surface area contributed by atoms with Crippen molar-refractivity contribution < 1.29 is 22.9 Å². The Bertz CT molecular complexity index is 775. The zero-order valence-electron chi connectivity index (χ0n) is 14.5. The summed E-state index contributed by atoms with van der Waals surface area (Å²) in [6.07, 6.45) is 3.16. The molecule has 1 rings (SSSR count). The topological polar surface area (TPSA) is 107 Å². The molecule has 1 aromatic carbocycles. The fourth-order valence-electron chi connectivity index (χ4n) is 2.34. The largest absolute Gasteiger partial charge is 0.465 e. The predicted octanol–water partition coefficient (Wildman–Crippen LogP) is 2.67. The van der Waals surface area contributed by atoms with Crippen LogP contribution >= 0.6 is 0 Å². The van der Waals surface area contributed by atoms with E-state index in [2.05, 4.69) is 13.2 Å². The first-order valence-corrected chi connectivity index (χ1v) is 9.38. The number of rotatable bonds is 11. The second kappa shape index (κ2) is 9.83. The third-order valence-electron chi connectivity index (χ3n) is 3.50. The molecule has 0 saturated heterocycles. The number of sulfonamides is 1. The van der Waals surface area contributed by atoms with Crippen LogP contribution in [0.2, 0.25) is 0 Å². The van der Waals surface area contributed by atoms with Gasteiger partial charge in [0.25, 0.3) is 15.7 Å². The number of nitro benzene ring substituents is 1. The van der Waals surface area contributed by atoms with Gasteiger partial charge in [-0.3, -0.25) is 14.9 Å². The van der Waals surface area contributed by atoms with Gasteiger partial charge in [0.2, 0.25) is 0 Å². The Morgan fingerprint density at radius 1 is 1.35 bits per heavy atom. The average Bonchev–Trinajstić information content (AvgIpc) is 2.61. The van der Waals surface area contributed by atoms with Crippen molar-refractivity contribution >= 4 is 21.7 Å². The third-order valence-corrected chi connectivity index (χ3v) is 5.45. The lowest BCUT2D eigenvalue weighted by Crippen LogP contribution is -2.46. The van der Waals surface area contributed by atoms with Gasteiger partial charge in [-0.15, -0.1) is 13.2 Å². The molecule has 0 amide bonds. The molecule has 0 N–H and O–H groups in total. The molecule has 8 nitrogen and oxygen atoms in total. The maximum atomic E-state index is 13.1. The Morgan fingerprint density at radius 3 is 2.54 bits per heavy atom. The standard InChI is InChI=1S/C17H22N2O6S/c1-4-7-13-18(15(10-5-2)17(20)25-6-3)26(23,24)16-12-9-8-11-14(16)19(21)22/h4-5,8-9,11-12,15H,1-2,6-7,10,13H2,3H3. The van der Waals surface area contributed by atoms with Crippen LogP contribution < -0.4 is 0 Å². The fourth-order valence-corrected chi connectivity index (χ4v) is 4.11. The summed E-state index contributed by atoms with van der Waals surface area (Å²) >= 11 is 0. The number of esters is 1. The summed E-state index contributed by atoms with van der Waals surface area (Å²) in [5.74, 6) is -0.737. The number of carbonyl (C=O) groups excluding carboxylic acids is 1. The Morgan fingerprint density at radius 2 is 2.00 bits per heavy atom. The van der Waals surface area contributed by atoms with Crippen molar-refractivity contribution in [2.45, 2.75) is 30.7 Å². The van der Waals surface area contributed by atoms with Crippen LogP contribution in [0.25, 0.3) is 0 Å². The van der Waals surface area contributed by atoms with Crippen LogP contribution in [-0.4, -0.2) is 42.8 Å². The number of para-hydroxylation sites is 1. The van der Waals surface area contributed by atoms with Crippen LogP contribution in [0, 0.1) is 10.1 Å². The van der Waals surface area contributed by atoms with Gasteiger partial charge >= 0.3 is 5.97 Å². The molecule has 1 atom stereocenters. The molecule has 0 aliphatic carbocycles. The van der Waals surface area contributed by atoms with Gasteiger partial charge in [-0.1, -0.05) is 24.3 Å². The summed E-state index contributed by atoms with van der Waals surface area (Å²) in [5.41, 5.74) is -0.558. The smallest absolute Gasteiger partial charge is 0.324 e. The average molecular weight is 382 g/mol. The second-order valence-corrected chi connectivity index (χ2v) is 7.07. The van der Waals surface area contributed by atoms with E-state index in [-0.39, 0.29) is 26.0 Å². The summed E-state index contributed by atoms with van der Waals surface area (Å²) in [4.78, 5) is 22.3. The Hall–Kier alpha value is -2.52. The molecule has 0 bridgehead atoms. The van der Waals surface area contributed by atoms with E-state index < -0.39 is 37.5 Å². The van der Waals surface area contributed by atoms with Crippen molar-refractivity contribution in [3.63, 3.8) is 0 Å². The van der Waals surface area contributed by atoms with E-state index in [9.17, 15) is 23.3 Å². The van der Waals surface area contributed by atoms with Crippen LogP contribution in [0.1, 0.15) is 19.8 Å². The molecule has 0 saturated carbocycles. The summed E-state index contributed by atoms with van der Waals surface area (Å²) in [6, 6.07) is 3.84. The summed E-state index contributed by atoms with van der Waals surface area (Å²) in [6.45, 7) is 8.71. The van der Waals surface area contributed by atoms with Gasteiger partial charge in [0.15, 0.2) is 4.90 Å². The number of nitrogens with zero attached hydrogens (tertiary/aromatic N) is 2. The SMILES string of the molecule is C=CCCN(C(CC=C)C(=O)OCC)S(=O)(=O)c1ccccc1[N+](=O)[O-]. The van der Waals surface area contributed by atoms with E-state index in [0.29, 0.717) is 0 Å². The van der Waals surface area contributed by atoms with Crippen LogP contribution in [0.15, 0.2) is 54.5 Å². The zero-order valence-corrected chi connectivity index (χ0v) is 15.4. The highest BCUT2D eigenvalue weighted by molar-refractivity contribution is 7.89. The van der Waals surface area contributed by atoms with Crippen LogP contribution in [0.3, 0.4) is 0 Å². The minimum atomic E-state index is -4.34. The first-order valence-electron chi connectivity index (χ1n) is 7.94. The van der Waals surface area contributed by atoms with Crippen molar-refractivity contribution in [2.75, 3.05) is 13.2 Å². The quantitative estimate of drug-likeness (QED) is 0.252. The highest BCUT2D eigenvalue weighted by atomic mass is 32.2. The first-order chi connectivity index (χ1) is 12.3. The van der Waals surface area contributed by atoms with E-state index in [1.54, 1.807) is 6.92 Å². The number of carbonyl (C=O) groups is 1. The summed E-state index contributed by atoms with van der Waals surface area (Å²) < 4.78 is 32.2. The molecule has 1 aromatic rings. The fraction of sp³-hybridized carbons (Fsp3) is 0.353. The lowest BCUT2D eigenvalue weighted by molar-refractivity contribution is -0.387. The lowest BCUT2D eigenvalue weighted by atomic mass is 10.2. The highest BCUT2D eigenvalue weighted by Gasteiger charge is 2.38. The molecule has 0 heterocycles. The van der Waals surface area contributed by atoms with Gasteiger partial charge in [0.1, 0.15) is 6.04 Å². The highest BCUT2D eigenvalue weighted by Crippen LogP contribution is 2.28. The van der Waals surface area contributed by atoms with Crippen LogP contribution in [0.5, 0.6) is 0 Å². The molecule has 0 radical (unpaired) electrons. The van der Waals surface area contributed by atoms with Gasteiger partial charge in [0, 0.05) is 12.6 Å². The van der Waals surface area contributed by atoms with Gasteiger partial charge in [-0.05, 0) is 25.8 Å². The number of benzene rings is 1. The maximum absolute atomic E-state index is 13.1. The molecule has 26 heavy (non-hydrogen) atoms. The number of nitro groups is 1. The third kappa shape index (κ3) is 4.99. The molecule has 0 aliphatic heterocycles.